The quantitative estimate of drug-likeness (QED) is 0.534. The van der Waals surface area contributed by atoms with Gasteiger partial charge < -0.3 is 20.1 Å². The highest BCUT2D eigenvalue weighted by Crippen LogP contribution is 2.34. The Bertz CT molecular complexity index is 888. The van der Waals surface area contributed by atoms with Crippen LogP contribution in [-0.2, 0) is 28.0 Å². The van der Waals surface area contributed by atoms with E-state index in [9.17, 15) is 9.59 Å². The molecule has 1 fully saturated rings. The maximum Gasteiger partial charge on any atom is 0.227 e. The Morgan fingerprint density at radius 1 is 1.12 bits per heavy atom. The normalized spacial score (nSPS) is 16.7. The van der Waals surface area contributed by atoms with Crippen LogP contribution >= 0.6 is 0 Å². The average molecular weight is 456 g/mol. The van der Waals surface area contributed by atoms with E-state index in [4.69, 9.17) is 4.52 Å². The van der Waals surface area contributed by atoms with E-state index >= 15 is 0 Å². The second-order valence-electron chi connectivity index (χ2n) is 9.41. The number of amides is 2. The molecule has 3 rings (SSSR count). The molecule has 0 bridgehead atoms. The third-order valence-corrected chi connectivity index (χ3v) is 6.11. The predicted octanol–water partition coefficient (Wildman–Crippen LogP) is 2.98. The number of benzene rings is 1. The Kier molecular flexibility index (Phi) is 9.00. The highest BCUT2D eigenvalue weighted by Gasteiger charge is 2.38. The summed E-state index contributed by atoms with van der Waals surface area (Å²) in [5.74, 6) is 0.836. The first-order valence-corrected chi connectivity index (χ1v) is 12.0. The summed E-state index contributed by atoms with van der Waals surface area (Å²) in [6, 6.07) is 10.2. The van der Waals surface area contributed by atoms with Gasteiger partial charge in [0.05, 0.1) is 0 Å². The number of nitrogens with one attached hydrogen (secondary N) is 2. The fraction of sp³-hybridized carbons (Fsp3) is 0.600. The summed E-state index contributed by atoms with van der Waals surface area (Å²) >= 11 is 0. The molecule has 0 aliphatic heterocycles. The monoisotopic (exact) mass is 455 g/mol. The molecule has 180 valence electrons. The van der Waals surface area contributed by atoms with Gasteiger partial charge in [-0.25, -0.2) is 0 Å². The van der Waals surface area contributed by atoms with Crippen molar-refractivity contribution in [2.24, 2.45) is 0 Å². The molecule has 2 amide bonds. The molecule has 2 N–H and O–H groups in total. The van der Waals surface area contributed by atoms with Crippen LogP contribution < -0.4 is 10.6 Å². The fourth-order valence-corrected chi connectivity index (χ4v) is 4.65. The summed E-state index contributed by atoms with van der Waals surface area (Å²) in [5, 5.41) is 10.4. The van der Waals surface area contributed by atoms with Gasteiger partial charge in [-0.2, -0.15) is 4.98 Å². The van der Waals surface area contributed by atoms with E-state index in [0.29, 0.717) is 18.1 Å². The molecule has 1 heterocycles. The highest BCUT2D eigenvalue weighted by molar-refractivity contribution is 5.76. The van der Waals surface area contributed by atoms with Crippen molar-refractivity contribution in [1.82, 2.24) is 25.7 Å². The van der Waals surface area contributed by atoms with Gasteiger partial charge >= 0.3 is 0 Å². The van der Waals surface area contributed by atoms with Crippen LogP contribution in [0, 0.1) is 0 Å². The number of carbonyl (C=O) groups is 2. The maximum absolute atomic E-state index is 12.7. The highest BCUT2D eigenvalue weighted by atomic mass is 16.5. The first-order valence-electron chi connectivity index (χ1n) is 12.0. The molecule has 1 aliphatic carbocycles. The summed E-state index contributed by atoms with van der Waals surface area (Å²) in [7, 11) is 4.01. The van der Waals surface area contributed by atoms with Gasteiger partial charge in [0, 0.05) is 32.4 Å². The van der Waals surface area contributed by atoms with Crippen molar-refractivity contribution in [2.45, 2.75) is 76.3 Å². The van der Waals surface area contributed by atoms with E-state index in [2.05, 4.69) is 37.8 Å². The number of hydrogen-bond donors (Lipinski definition) is 2. The number of hydrogen-bond acceptors (Lipinski definition) is 6. The molecule has 1 saturated carbocycles. The van der Waals surface area contributed by atoms with Gasteiger partial charge in [0.15, 0.2) is 5.82 Å². The Hall–Kier alpha value is -2.74. The predicted molar refractivity (Wildman–Crippen MR) is 126 cm³/mol. The lowest BCUT2D eigenvalue weighted by Gasteiger charge is -2.30. The lowest BCUT2D eigenvalue weighted by molar-refractivity contribution is -0.122. The van der Waals surface area contributed by atoms with Crippen molar-refractivity contribution in [3.8, 4) is 0 Å². The smallest absolute Gasteiger partial charge is 0.227 e. The van der Waals surface area contributed by atoms with Gasteiger partial charge in [-0.1, -0.05) is 61.2 Å². The SMILES string of the molecule is CC(=O)NC1(c2noc(CCC(=O)NC(Cc3ccccc3)CN(C)C)n2)CCCCCC1. The summed E-state index contributed by atoms with van der Waals surface area (Å²) in [4.78, 5) is 31.2. The van der Waals surface area contributed by atoms with Crippen molar-refractivity contribution in [1.29, 1.82) is 0 Å². The Balaban J connectivity index is 1.59. The van der Waals surface area contributed by atoms with E-state index in [1.54, 1.807) is 0 Å². The maximum atomic E-state index is 12.7. The van der Waals surface area contributed by atoms with Crippen LogP contribution in [0.15, 0.2) is 34.9 Å². The van der Waals surface area contributed by atoms with Crippen molar-refractivity contribution in [3.05, 3.63) is 47.6 Å². The number of aryl methyl sites for hydroxylation is 1. The van der Waals surface area contributed by atoms with Crippen molar-refractivity contribution in [3.63, 3.8) is 0 Å². The van der Waals surface area contributed by atoms with Gasteiger partial charge in [0.2, 0.25) is 17.7 Å². The first kappa shape index (κ1) is 24.9. The molecular weight excluding hydrogens is 418 g/mol. The molecular formula is C25H37N5O3. The van der Waals surface area contributed by atoms with Crippen LogP contribution in [-0.4, -0.2) is 53.5 Å². The van der Waals surface area contributed by atoms with Crippen molar-refractivity contribution in [2.75, 3.05) is 20.6 Å². The van der Waals surface area contributed by atoms with Gasteiger partial charge in [-0.3, -0.25) is 9.59 Å². The topological polar surface area (TPSA) is 100 Å². The summed E-state index contributed by atoms with van der Waals surface area (Å²) in [5.41, 5.74) is 0.622. The van der Waals surface area contributed by atoms with E-state index in [0.717, 1.165) is 51.5 Å². The minimum Gasteiger partial charge on any atom is -0.352 e. The van der Waals surface area contributed by atoms with Gasteiger partial charge in [0.1, 0.15) is 5.54 Å². The number of likely N-dealkylation sites (N-methyl/N-ethyl adjacent to an activating group) is 1. The van der Waals surface area contributed by atoms with E-state index in [1.807, 2.05) is 32.3 Å². The Morgan fingerprint density at radius 2 is 1.82 bits per heavy atom. The summed E-state index contributed by atoms with van der Waals surface area (Å²) in [6.07, 6.45) is 7.34. The van der Waals surface area contributed by atoms with Gasteiger partial charge in [-0.15, -0.1) is 0 Å². The van der Waals surface area contributed by atoms with Crippen LogP contribution in [0.4, 0.5) is 0 Å². The van der Waals surface area contributed by atoms with Crippen LogP contribution in [0.5, 0.6) is 0 Å². The summed E-state index contributed by atoms with van der Waals surface area (Å²) < 4.78 is 5.48. The zero-order chi connectivity index (χ0) is 23.7. The number of aromatic nitrogens is 2. The Morgan fingerprint density at radius 3 is 2.45 bits per heavy atom. The molecule has 2 aromatic rings. The lowest BCUT2D eigenvalue weighted by Crippen LogP contribution is -2.45. The molecule has 0 radical (unpaired) electrons. The Labute approximate surface area is 196 Å². The minimum absolute atomic E-state index is 0.0159. The van der Waals surface area contributed by atoms with Gasteiger partial charge in [0.25, 0.3) is 0 Å². The largest absolute Gasteiger partial charge is 0.352 e. The summed E-state index contributed by atoms with van der Waals surface area (Å²) in [6.45, 7) is 2.28. The van der Waals surface area contributed by atoms with Crippen LogP contribution in [0.25, 0.3) is 0 Å². The number of nitrogens with zero attached hydrogens (tertiary/aromatic N) is 3. The standard InChI is InChI=1S/C25H37N5O3/c1-19(31)28-25(15-9-4-5-10-16-25)24-27-23(33-29-24)14-13-22(32)26-21(18-30(2)3)17-20-11-7-6-8-12-20/h6-8,11-12,21H,4-5,9-10,13-18H2,1-3H3,(H,26,32)(H,28,31). The fourth-order valence-electron chi connectivity index (χ4n) is 4.65. The number of carbonyl (C=O) groups excluding carboxylic acids is 2. The molecule has 8 nitrogen and oxygen atoms in total. The molecule has 1 unspecified atom stereocenters. The average Bonchev–Trinajstić information content (AvgIpc) is 3.12. The van der Waals surface area contributed by atoms with E-state index in [-0.39, 0.29) is 24.3 Å². The number of rotatable bonds is 10. The molecule has 1 aromatic heterocycles. The van der Waals surface area contributed by atoms with Gasteiger partial charge in [-0.05, 0) is 38.9 Å². The minimum atomic E-state index is -0.571. The molecule has 1 atom stereocenters. The van der Waals surface area contributed by atoms with E-state index < -0.39 is 5.54 Å². The van der Waals surface area contributed by atoms with Crippen molar-refractivity contribution >= 4 is 11.8 Å². The van der Waals surface area contributed by atoms with Crippen molar-refractivity contribution < 1.29 is 14.1 Å². The molecule has 33 heavy (non-hydrogen) atoms. The molecule has 1 aliphatic rings. The van der Waals surface area contributed by atoms with Crippen LogP contribution in [0.1, 0.15) is 69.1 Å². The zero-order valence-electron chi connectivity index (χ0n) is 20.1. The molecule has 8 heteroatoms. The van der Waals surface area contributed by atoms with Crippen LogP contribution in [0.3, 0.4) is 0 Å². The molecule has 0 spiro atoms. The lowest BCUT2D eigenvalue weighted by atomic mass is 9.89. The first-order chi connectivity index (χ1) is 15.9. The zero-order valence-corrected chi connectivity index (χ0v) is 20.1. The molecule has 0 saturated heterocycles. The third kappa shape index (κ3) is 7.67. The second-order valence-corrected chi connectivity index (χ2v) is 9.41. The van der Waals surface area contributed by atoms with Crippen LogP contribution in [0.2, 0.25) is 0 Å². The third-order valence-electron chi connectivity index (χ3n) is 6.11. The molecule has 1 aromatic carbocycles. The van der Waals surface area contributed by atoms with E-state index in [1.165, 1.54) is 12.5 Å². The second kappa shape index (κ2) is 11.9.